The van der Waals surface area contributed by atoms with E-state index in [9.17, 15) is 4.79 Å². The monoisotopic (exact) mass is 273 g/mol. The van der Waals surface area contributed by atoms with Crippen LogP contribution >= 0.6 is 0 Å². The highest BCUT2D eigenvalue weighted by Gasteiger charge is 2.28. The van der Waals surface area contributed by atoms with Gasteiger partial charge in [0.2, 0.25) is 0 Å². The molecule has 0 aromatic carbocycles. The number of amides is 2. The van der Waals surface area contributed by atoms with Crippen molar-refractivity contribution < 1.29 is 14.3 Å². The predicted molar refractivity (Wildman–Crippen MR) is 74.4 cm³/mol. The quantitative estimate of drug-likeness (QED) is 0.661. The lowest BCUT2D eigenvalue weighted by molar-refractivity contribution is -0.00875. The summed E-state index contributed by atoms with van der Waals surface area (Å²) in [4.78, 5) is 14.0. The van der Waals surface area contributed by atoms with E-state index in [1.54, 1.807) is 0 Å². The molecular weight excluding hydrogens is 246 g/mol. The van der Waals surface area contributed by atoms with Crippen molar-refractivity contribution >= 4 is 6.03 Å². The number of rotatable bonds is 7. The van der Waals surface area contributed by atoms with Gasteiger partial charge in [0, 0.05) is 38.3 Å². The standard InChI is InChI=1S/C13H27N3O3/c1-4-18-8-5-14-12(17)15-11-13(2,3)16-6-9-19-10-7-16/h4-11H2,1-3H3,(H2,14,15,17). The Balaban J connectivity index is 2.20. The van der Waals surface area contributed by atoms with E-state index in [1.165, 1.54) is 0 Å². The Morgan fingerprint density at radius 2 is 2.00 bits per heavy atom. The second kappa shape index (κ2) is 8.35. The van der Waals surface area contributed by atoms with Crippen molar-refractivity contribution in [3.05, 3.63) is 0 Å². The minimum atomic E-state index is -0.138. The molecule has 2 amide bonds. The third kappa shape index (κ3) is 6.22. The highest BCUT2D eigenvalue weighted by molar-refractivity contribution is 5.73. The van der Waals surface area contributed by atoms with E-state index in [4.69, 9.17) is 9.47 Å². The maximum absolute atomic E-state index is 11.6. The van der Waals surface area contributed by atoms with Crippen LogP contribution in [-0.4, -0.2) is 69.1 Å². The van der Waals surface area contributed by atoms with Gasteiger partial charge in [-0.15, -0.1) is 0 Å². The van der Waals surface area contributed by atoms with Crippen LogP contribution in [0.1, 0.15) is 20.8 Å². The van der Waals surface area contributed by atoms with E-state index in [-0.39, 0.29) is 11.6 Å². The van der Waals surface area contributed by atoms with Crippen LogP contribution < -0.4 is 10.6 Å². The first kappa shape index (κ1) is 16.2. The molecule has 0 radical (unpaired) electrons. The fourth-order valence-electron chi connectivity index (χ4n) is 2.02. The Hall–Kier alpha value is -0.850. The van der Waals surface area contributed by atoms with Gasteiger partial charge in [-0.1, -0.05) is 0 Å². The van der Waals surface area contributed by atoms with E-state index in [0.29, 0.717) is 26.3 Å². The summed E-state index contributed by atoms with van der Waals surface area (Å²) in [5.41, 5.74) is -0.0545. The summed E-state index contributed by atoms with van der Waals surface area (Å²) in [6.07, 6.45) is 0. The molecule has 0 aromatic heterocycles. The number of hydrogen-bond acceptors (Lipinski definition) is 4. The molecule has 19 heavy (non-hydrogen) atoms. The fourth-order valence-corrected chi connectivity index (χ4v) is 2.02. The smallest absolute Gasteiger partial charge is 0.314 e. The van der Waals surface area contributed by atoms with E-state index in [0.717, 1.165) is 26.3 Å². The Morgan fingerprint density at radius 3 is 2.63 bits per heavy atom. The average Bonchev–Trinajstić information content (AvgIpc) is 2.42. The molecule has 0 aliphatic carbocycles. The summed E-state index contributed by atoms with van der Waals surface area (Å²) < 4.78 is 10.5. The fraction of sp³-hybridized carbons (Fsp3) is 0.923. The Bertz CT molecular complexity index is 266. The molecule has 1 aliphatic rings. The third-order valence-corrected chi connectivity index (χ3v) is 3.28. The molecule has 0 bridgehead atoms. The highest BCUT2D eigenvalue weighted by Crippen LogP contribution is 2.14. The average molecular weight is 273 g/mol. The lowest BCUT2D eigenvalue weighted by atomic mass is 10.0. The van der Waals surface area contributed by atoms with Gasteiger partial charge in [0.25, 0.3) is 0 Å². The van der Waals surface area contributed by atoms with Gasteiger partial charge in [-0.3, -0.25) is 4.90 Å². The Kier molecular flexibility index (Phi) is 7.12. The molecular formula is C13H27N3O3. The van der Waals surface area contributed by atoms with Gasteiger partial charge in [-0.05, 0) is 20.8 Å². The molecule has 0 aromatic rings. The first-order chi connectivity index (χ1) is 9.06. The van der Waals surface area contributed by atoms with Gasteiger partial charge in [0.1, 0.15) is 0 Å². The molecule has 1 rings (SSSR count). The molecule has 112 valence electrons. The van der Waals surface area contributed by atoms with Gasteiger partial charge in [-0.2, -0.15) is 0 Å². The number of ether oxygens (including phenoxy) is 2. The molecule has 2 N–H and O–H groups in total. The number of nitrogens with zero attached hydrogens (tertiary/aromatic N) is 1. The van der Waals surface area contributed by atoms with E-state index in [2.05, 4.69) is 29.4 Å². The largest absolute Gasteiger partial charge is 0.380 e. The topological polar surface area (TPSA) is 62.8 Å². The van der Waals surface area contributed by atoms with Crippen LogP contribution in [0.15, 0.2) is 0 Å². The van der Waals surface area contributed by atoms with Crippen LogP contribution in [0.25, 0.3) is 0 Å². The SMILES string of the molecule is CCOCCNC(=O)NCC(C)(C)N1CCOCC1. The van der Waals surface area contributed by atoms with E-state index >= 15 is 0 Å². The number of carbonyl (C=O) groups excluding carboxylic acids is 1. The molecule has 1 saturated heterocycles. The van der Waals surface area contributed by atoms with Crippen LogP contribution in [0.4, 0.5) is 4.79 Å². The van der Waals surface area contributed by atoms with Crippen LogP contribution in [0, 0.1) is 0 Å². The first-order valence-corrected chi connectivity index (χ1v) is 6.98. The van der Waals surface area contributed by atoms with Gasteiger partial charge in [0.05, 0.1) is 19.8 Å². The Labute approximate surface area is 115 Å². The molecule has 1 heterocycles. The van der Waals surface area contributed by atoms with Crippen molar-refractivity contribution in [2.24, 2.45) is 0 Å². The molecule has 0 atom stereocenters. The van der Waals surface area contributed by atoms with Gasteiger partial charge in [-0.25, -0.2) is 4.79 Å². The highest BCUT2D eigenvalue weighted by atomic mass is 16.5. The van der Waals surface area contributed by atoms with Gasteiger partial charge < -0.3 is 20.1 Å². The summed E-state index contributed by atoms with van der Waals surface area (Å²) in [6.45, 7) is 12.0. The number of morpholine rings is 1. The molecule has 1 aliphatic heterocycles. The first-order valence-electron chi connectivity index (χ1n) is 6.98. The van der Waals surface area contributed by atoms with Gasteiger partial charge in [0.15, 0.2) is 0 Å². The zero-order valence-electron chi connectivity index (χ0n) is 12.3. The molecule has 0 unspecified atom stereocenters. The number of nitrogens with one attached hydrogen (secondary N) is 2. The van der Waals surface area contributed by atoms with Crippen LogP contribution in [0.2, 0.25) is 0 Å². The lowest BCUT2D eigenvalue weighted by Crippen LogP contribution is -2.56. The summed E-state index contributed by atoms with van der Waals surface area (Å²) in [7, 11) is 0. The van der Waals surface area contributed by atoms with Crippen molar-refractivity contribution in [3.8, 4) is 0 Å². The molecule has 0 spiro atoms. The van der Waals surface area contributed by atoms with Crippen LogP contribution in [0.5, 0.6) is 0 Å². The zero-order chi connectivity index (χ0) is 14.1. The van der Waals surface area contributed by atoms with Crippen molar-refractivity contribution in [1.29, 1.82) is 0 Å². The molecule has 6 nitrogen and oxygen atoms in total. The second-order valence-corrected chi connectivity index (χ2v) is 5.22. The van der Waals surface area contributed by atoms with Crippen LogP contribution in [0.3, 0.4) is 0 Å². The predicted octanol–water partition coefficient (Wildman–Crippen LogP) is 0.433. The van der Waals surface area contributed by atoms with Gasteiger partial charge >= 0.3 is 6.03 Å². The number of hydrogen-bond donors (Lipinski definition) is 2. The van der Waals surface area contributed by atoms with E-state index in [1.807, 2.05) is 6.92 Å². The molecule has 1 fully saturated rings. The van der Waals surface area contributed by atoms with Crippen molar-refractivity contribution in [2.75, 3.05) is 52.6 Å². The number of carbonyl (C=O) groups is 1. The minimum absolute atomic E-state index is 0.0545. The molecule has 0 saturated carbocycles. The Morgan fingerprint density at radius 1 is 1.32 bits per heavy atom. The lowest BCUT2D eigenvalue weighted by Gasteiger charge is -2.40. The third-order valence-electron chi connectivity index (χ3n) is 3.28. The minimum Gasteiger partial charge on any atom is -0.380 e. The summed E-state index contributed by atoms with van der Waals surface area (Å²) in [5.74, 6) is 0. The summed E-state index contributed by atoms with van der Waals surface area (Å²) in [6, 6.07) is -0.138. The second-order valence-electron chi connectivity index (χ2n) is 5.22. The zero-order valence-corrected chi connectivity index (χ0v) is 12.3. The maximum Gasteiger partial charge on any atom is 0.314 e. The number of urea groups is 1. The van der Waals surface area contributed by atoms with Crippen molar-refractivity contribution in [2.45, 2.75) is 26.3 Å². The van der Waals surface area contributed by atoms with Crippen LogP contribution in [-0.2, 0) is 9.47 Å². The van der Waals surface area contributed by atoms with E-state index < -0.39 is 0 Å². The maximum atomic E-state index is 11.6. The molecule has 6 heteroatoms. The normalized spacial score (nSPS) is 17.2. The summed E-state index contributed by atoms with van der Waals surface area (Å²) >= 11 is 0. The van der Waals surface area contributed by atoms with Crippen molar-refractivity contribution in [1.82, 2.24) is 15.5 Å². The summed E-state index contributed by atoms with van der Waals surface area (Å²) in [5, 5.41) is 5.68. The van der Waals surface area contributed by atoms with Crippen molar-refractivity contribution in [3.63, 3.8) is 0 Å².